The maximum absolute atomic E-state index is 11.9. The molecule has 0 aliphatic carbocycles. The first-order valence-corrected chi connectivity index (χ1v) is 6.44. The standard InChI is InChI=1S/C12H9ClN2O3S/c1-6-9(11(17)18)19-12(14-6)15-10(16)7-3-2-4-8(13)5-7/h2-5H,1H3,(H,17,18)(H,14,15,16). The van der Waals surface area contributed by atoms with Crippen molar-refractivity contribution in [3.8, 4) is 0 Å². The minimum atomic E-state index is -1.06. The molecule has 2 rings (SSSR count). The number of rotatable bonds is 3. The van der Waals surface area contributed by atoms with Gasteiger partial charge in [-0.3, -0.25) is 10.1 Å². The maximum atomic E-state index is 11.9. The number of thiazole rings is 1. The van der Waals surface area contributed by atoms with Gasteiger partial charge in [-0.05, 0) is 25.1 Å². The van der Waals surface area contributed by atoms with Crippen LogP contribution in [0.15, 0.2) is 24.3 Å². The van der Waals surface area contributed by atoms with Crippen LogP contribution in [0.5, 0.6) is 0 Å². The Bertz CT molecular complexity index is 654. The second-order valence-electron chi connectivity index (χ2n) is 3.70. The number of hydrogen-bond donors (Lipinski definition) is 2. The van der Waals surface area contributed by atoms with Crippen LogP contribution in [0.3, 0.4) is 0 Å². The molecule has 0 saturated carbocycles. The number of nitrogens with one attached hydrogen (secondary N) is 1. The molecule has 0 bridgehead atoms. The van der Waals surface area contributed by atoms with Crippen LogP contribution in [0, 0.1) is 6.92 Å². The van der Waals surface area contributed by atoms with E-state index in [4.69, 9.17) is 16.7 Å². The van der Waals surface area contributed by atoms with Crippen molar-refractivity contribution in [3.05, 3.63) is 45.4 Å². The van der Waals surface area contributed by atoms with Crippen LogP contribution < -0.4 is 5.32 Å². The van der Waals surface area contributed by atoms with Crippen LogP contribution in [0.2, 0.25) is 5.02 Å². The van der Waals surface area contributed by atoms with E-state index in [1.54, 1.807) is 25.1 Å². The molecule has 0 unspecified atom stereocenters. The Hall–Kier alpha value is -1.92. The van der Waals surface area contributed by atoms with Crippen molar-refractivity contribution in [1.29, 1.82) is 0 Å². The molecule has 2 aromatic rings. The number of hydrogen-bond acceptors (Lipinski definition) is 4. The third-order valence-electron chi connectivity index (χ3n) is 2.30. The zero-order valence-electron chi connectivity index (χ0n) is 9.81. The molecule has 0 aliphatic rings. The van der Waals surface area contributed by atoms with Gasteiger partial charge >= 0.3 is 5.97 Å². The van der Waals surface area contributed by atoms with Crippen molar-refractivity contribution in [3.63, 3.8) is 0 Å². The SMILES string of the molecule is Cc1nc(NC(=O)c2cccc(Cl)c2)sc1C(=O)O. The van der Waals surface area contributed by atoms with E-state index in [1.165, 1.54) is 6.07 Å². The average Bonchev–Trinajstić information content (AvgIpc) is 2.70. The summed E-state index contributed by atoms with van der Waals surface area (Å²) in [5.41, 5.74) is 0.760. The summed E-state index contributed by atoms with van der Waals surface area (Å²) in [6.07, 6.45) is 0. The summed E-state index contributed by atoms with van der Waals surface area (Å²) in [4.78, 5) is 26.9. The number of anilines is 1. The van der Waals surface area contributed by atoms with Crippen LogP contribution in [-0.2, 0) is 0 Å². The largest absolute Gasteiger partial charge is 0.477 e. The monoisotopic (exact) mass is 296 g/mol. The Balaban J connectivity index is 2.20. The lowest BCUT2D eigenvalue weighted by atomic mass is 10.2. The molecule has 0 spiro atoms. The highest BCUT2D eigenvalue weighted by Crippen LogP contribution is 2.23. The van der Waals surface area contributed by atoms with Crippen molar-refractivity contribution >= 4 is 39.9 Å². The predicted molar refractivity (Wildman–Crippen MR) is 73.2 cm³/mol. The van der Waals surface area contributed by atoms with Crippen molar-refractivity contribution in [2.24, 2.45) is 0 Å². The molecule has 98 valence electrons. The van der Waals surface area contributed by atoms with Gasteiger partial charge in [-0.25, -0.2) is 9.78 Å². The molecular formula is C12H9ClN2O3S. The third kappa shape index (κ3) is 3.10. The molecule has 19 heavy (non-hydrogen) atoms. The Morgan fingerprint density at radius 1 is 1.42 bits per heavy atom. The van der Waals surface area contributed by atoms with E-state index in [0.29, 0.717) is 16.3 Å². The normalized spacial score (nSPS) is 10.2. The van der Waals surface area contributed by atoms with E-state index in [1.807, 2.05) is 0 Å². The lowest BCUT2D eigenvalue weighted by molar-refractivity contribution is 0.0701. The number of carbonyl (C=O) groups is 2. The molecule has 7 heteroatoms. The van der Waals surface area contributed by atoms with Crippen molar-refractivity contribution in [2.75, 3.05) is 5.32 Å². The van der Waals surface area contributed by atoms with Gasteiger partial charge in [0.15, 0.2) is 5.13 Å². The summed E-state index contributed by atoms with van der Waals surface area (Å²) in [6.45, 7) is 1.58. The highest BCUT2D eigenvalue weighted by molar-refractivity contribution is 7.17. The molecule has 0 aliphatic heterocycles. The minimum absolute atomic E-state index is 0.112. The lowest BCUT2D eigenvalue weighted by Gasteiger charge is -2.01. The first kappa shape index (κ1) is 13.5. The number of nitrogens with zero attached hydrogens (tertiary/aromatic N) is 1. The van der Waals surface area contributed by atoms with Gasteiger partial charge in [0.25, 0.3) is 5.91 Å². The number of benzene rings is 1. The molecule has 0 saturated heterocycles. The Morgan fingerprint density at radius 3 is 2.74 bits per heavy atom. The molecule has 2 N–H and O–H groups in total. The van der Waals surface area contributed by atoms with E-state index < -0.39 is 5.97 Å². The molecule has 5 nitrogen and oxygen atoms in total. The van der Waals surface area contributed by atoms with Gasteiger partial charge < -0.3 is 5.11 Å². The number of carbonyl (C=O) groups excluding carboxylic acids is 1. The molecule has 0 atom stereocenters. The predicted octanol–water partition coefficient (Wildman–Crippen LogP) is 3.06. The average molecular weight is 297 g/mol. The van der Waals surface area contributed by atoms with Gasteiger partial charge in [0.05, 0.1) is 5.69 Å². The summed E-state index contributed by atoms with van der Waals surface area (Å²) in [6, 6.07) is 6.46. The van der Waals surface area contributed by atoms with E-state index in [-0.39, 0.29) is 15.9 Å². The number of halogens is 1. The quantitative estimate of drug-likeness (QED) is 0.912. The van der Waals surface area contributed by atoms with Gasteiger partial charge in [-0.2, -0.15) is 0 Å². The van der Waals surface area contributed by atoms with E-state index in [0.717, 1.165) is 11.3 Å². The molecule has 0 fully saturated rings. The van der Waals surface area contributed by atoms with Gasteiger partial charge in [0, 0.05) is 10.6 Å². The van der Waals surface area contributed by atoms with E-state index in [2.05, 4.69) is 10.3 Å². The smallest absolute Gasteiger partial charge is 0.347 e. The van der Waals surface area contributed by atoms with Gasteiger partial charge in [-0.15, -0.1) is 0 Å². The molecule has 1 aromatic carbocycles. The van der Waals surface area contributed by atoms with Crippen LogP contribution in [0.25, 0.3) is 0 Å². The highest BCUT2D eigenvalue weighted by atomic mass is 35.5. The summed E-state index contributed by atoms with van der Waals surface area (Å²) in [5, 5.41) is 12.2. The fraction of sp³-hybridized carbons (Fsp3) is 0.0833. The van der Waals surface area contributed by atoms with E-state index in [9.17, 15) is 9.59 Å². The second kappa shape index (κ2) is 5.38. The fourth-order valence-electron chi connectivity index (χ4n) is 1.45. The Labute approximate surface area is 117 Å². The first-order valence-electron chi connectivity index (χ1n) is 5.25. The minimum Gasteiger partial charge on any atom is -0.477 e. The number of carboxylic acids is 1. The summed E-state index contributed by atoms with van der Waals surface area (Å²) in [7, 11) is 0. The Kier molecular flexibility index (Phi) is 3.82. The number of aromatic carboxylic acids is 1. The second-order valence-corrected chi connectivity index (χ2v) is 5.14. The molecule has 0 radical (unpaired) electrons. The summed E-state index contributed by atoms with van der Waals surface area (Å²) >= 11 is 6.71. The van der Waals surface area contributed by atoms with Crippen molar-refractivity contribution in [2.45, 2.75) is 6.92 Å². The number of aromatic nitrogens is 1. The van der Waals surface area contributed by atoms with Gasteiger partial charge in [0.2, 0.25) is 0 Å². The molecule has 1 amide bonds. The van der Waals surface area contributed by atoms with Crippen LogP contribution in [-0.4, -0.2) is 22.0 Å². The zero-order valence-corrected chi connectivity index (χ0v) is 11.4. The lowest BCUT2D eigenvalue weighted by Crippen LogP contribution is -2.11. The zero-order chi connectivity index (χ0) is 14.0. The van der Waals surface area contributed by atoms with Crippen LogP contribution in [0.1, 0.15) is 25.7 Å². The van der Waals surface area contributed by atoms with E-state index >= 15 is 0 Å². The van der Waals surface area contributed by atoms with Crippen LogP contribution >= 0.6 is 22.9 Å². The number of carboxylic acid groups (broad SMARTS) is 1. The third-order valence-corrected chi connectivity index (χ3v) is 3.59. The maximum Gasteiger partial charge on any atom is 0.347 e. The van der Waals surface area contributed by atoms with Crippen molar-refractivity contribution < 1.29 is 14.7 Å². The molecule has 1 heterocycles. The molecule has 1 aromatic heterocycles. The van der Waals surface area contributed by atoms with Gasteiger partial charge in [-0.1, -0.05) is 29.0 Å². The summed E-state index contributed by atoms with van der Waals surface area (Å²) < 4.78 is 0. The fourth-order valence-corrected chi connectivity index (χ4v) is 2.44. The van der Waals surface area contributed by atoms with Crippen molar-refractivity contribution in [1.82, 2.24) is 4.98 Å². The highest BCUT2D eigenvalue weighted by Gasteiger charge is 2.16. The number of amides is 1. The summed E-state index contributed by atoms with van der Waals surface area (Å²) in [5.74, 6) is -1.44. The first-order chi connectivity index (χ1) is 8.97. The topological polar surface area (TPSA) is 79.3 Å². The Morgan fingerprint density at radius 2 is 2.16 bits per heavy atom. The van der Waals surface area contributed by atoms with Crippen LogP contribution in [0.4, 0.5) is 5.13 Å². The van der Waals surface area contributed by atoms with Gasteiger partial charge in [0.1, 0.15) is 4.88 Å². The molecular weight excluding hydrogens is 288 g/mol. The number of aryl methyl sites for hydroxylation is 1.